The molecule has 4 heteroatoms. The maximum atomic E-state index is 12.1. The van der Waals surface area contributed by atoms with Gasteiger partial charge in [0.2, 0.25) is 5.78 Å². The fourth-order valence-corrected chi connectivity index (χ4v) is 2.17. The predicted octanol–water partition coefficient (Wildman–Crippen LogP) is 3.75. The maximum absolute atomic E-state index is 12.1. The van der Waals surface area contributed by atoms with Crippen LogP contribution in [0, 0.1) is 20.8 Å². The summed E-state index contributed by atoms with van der Waals surface area (Å²) in [7, 11) is 0. The molecule has 0 unspecified atom stereocenters. The molecule has 106 valence electrons. The lowest BCUT2D eigenvalue weighted by Crippen LogP contribution is -1.92. The number of rotatable bonds is 3. The van der Waals surface area contributed by atoms with E-state index in [0.29, 0.717) is 5.76 Å². The van der Waals surface area contributed by atoms with Crippen molar-refractivity contribution in [3.63, 3.8) is 0 Å². The molecule has 0 spiro atoms. The normalized spacial score (nSPS) is 11.6. The molecule has 0 aliphatic heterocycles. The predicted molar refractivity (Wildman–Crippen MR) is 81.5 cm³/mol. The van der Waals surface area contributed by atoms with Crippen molar-refractivity contribution in [2.45, 2.75) is 20.8 Å². The van der Waals surface area contributed by atoms with Gasteiger partial charge in [0.05, 0.1) is 11.9 Å². The Bertz CT molecular complexity index is 833. The number of pyridine rings is 1. The summed E-state index contributed by atoms with van der Waals surface area (Å²) in [6.45, 7) is 5.79. The summed E-state index contributed by atoms with van der Waals surface area (Å²) >= 11 is 0. The van der Waals surface area contributed by atoms with Crippen LogP contribution in [-0.4, -0.2) is 15.2 Å². The number of fused-ring (bicyclic) bond motifs is 1. The number of allylic oxidation sites excluding steroid dienone is 1. The van der Waals surface area contributed by atoms with E-state index in [1.165, 1.54) is 6.08 Å². The zero-order valence-electron chi connectivity index (χ0n) is 12.3. The van der Waals surface area contributed by atoms with E-state index in [2.05, 4.69) is 4.98 Å². The summed E-state index contributed by atoms with van der Waals surface area (Å²) in [5, 5.41) is 0. The second-order valence-corrected chi connectivity index (χ2v) is 5.17. The second kappa shape index (κ2) is 5.05. The van der Waals surface area contributed by atoms with Gasteiger partial charge in [0, 0.05) is 6.20 Å². The summed E-state index contributed by atoms with van der Waals surface area (Å²) in [5.41, 5.74) is 3.84. The molecule has 3 aromatic heterocycles. The summed E-state index contributed by atoms with van der Waals surface area (Å²) in [4.78, 5) is 16.4. The van der Waals surface area contributed by atoms with Gasteiger partial charge in [0.1, 0.15) is 11.4 Å². The molecule has 0 atom stereocenters. The van der Waals surface area contributed by atoms with Gasteiger partial charge in [-0.1, -0.05) is 6.07 Å². The summed E-state index contributed by atoms with van der Waals surface area (Å²) in [5.74, 6) is 0.997. The number of carbonyl (C=O) groups excluding carboxylic acids is 1. The summed E-state index contributed by atoms with van der Waals surface area (Å²) in [6, 6.07) is 5.73. The Labute approximate surface area is 122 Å². The lowest BCUT2D eigenvalue weighted by Gasteiger charge is -1.98. The molecule has 0 aromatic carbocycles. The first-order valence-corrected chi connectivity index (χ1v) is 6.78. The first-order chi connectivity index (χ1) is 10.0. The Morgan fingerprint density at radius 2 is 2.10 bits per heavy atom. The van der Waals surface area contributed by atoms with Crippen LogP contribution in [0.3, 0.4) is 0 Å². The Morgan fingerprint density at radius 1 is 1.29 bits per heavy atom. The number of nitrogens with zero attached hydrogens (tertiary/aromatic N) is 2. The van der Waals surface area contributed by atoms with Crippen molar-refractivity contribution in [1.29, 1.82) is 0 Å². The molecular weight excluding hydrogens is 264 g/mol. The van der Waals surface area contributed by atoms with Gasteiger partial charge >= 0.3 is 0 Å². The molecule has 0 bridgehead atoms. The van der Waals surface area contributed by atoms with Crippen LogP contribution >= 0.6 is 0 Å². The van der Waals surface area contributed by atoms with Crippen LogP contribution in [0.4, 0.5) is 0 Å². The van der Waals surface area contributed by atoms with Crippen molar-refractivity contribution in [3.05, 3.63) is 65.0 Å². The van der Waals surface area contributed by atoms with E-state index < -0.39 is 0 Å². The number of aryl methyl sites for hydroxylation is 3. The van der Waals surface area contributed by atoms with Gasteiger partial charge in [-0.15, -0.1) is 0 Å². The second-order valence-electron chi connectivity index (χ2n) is 5.17. The van der Waals surface area contributed by atoms with E-state index in [-0.39, 0.29) is 5.78 Å². The Kier molecular flexibility index (Phi) is 3.22. The molecule has 3 rings (SSSR count). The molecule has 0 amide bonds. The quantitative estimate of drug-likeness (QED) is 0.542. The lowest BCUT2D eigenvalue weighted by atomic mass is 10.2. The van der Waals surface area contributed by atoms with Crippen molar-refractivity contribution in [3.8, 4) is 0 Å². The zero-order chi connectivity index (χ0) is 15.0. The Hall–Kier alpha value is -2.62. The fraction of sp³-hybridized carbons (Fsp3) is 0.176. The van der Waals surface area contributed by atoms with Gasteiger partial charge in [0.15, 0.2) is 5.76 Å². The molecule has 0 radical (unpaired) electrons. The van der Waals surface area contributed by atoms with Crippen molar-refractivity contribution in [1.82, 2.24) is 9.38 Å². The molecule has 0 saturated carbocycles. The molecule has 0 N–H and O–H groups in total. The number of ketones is 1. The van der Waals surface area contributed by atoms with Crippen LogP contribution in [0.5, 0.6) is 0 Å². The van der Waals surface area contributed by atoms with Crippen LogP contribution in [0.2, 0.25) is 0 Å². The van der Waals surface area contributed by atoms with Gasteiger partial charge in [0.25, 0.3) is 0 Å². The van der Waals surface area contributed by atoms with E-state index in [9.17, 15) is 4.79 Å². The fourth-order valence-electron chi connectivity index (χ4n) is 2.17. The van der Waals surface area contributed by atoms with E-state index in [1.54, 1.807) is 18.3 Å². The first kappa shape index (κ1) is 13.4. The van der Waals surface area contributed by atoms with Crippen molar-refractivity contribution in [2.75, 3.05) is 0 Å². The molecular formula is C17H16N2O2. The molecule has 0 aliphatic rings. The van der Waals surface area contributed by atoms with Gasteiger partial charge in [-0.05, 0) is 56.2 Å². The summed E-state index contributed by atoms with van der Waals surface area (Å²) in [6.07, 6.45) is 7.02. The Balaban J connectivity index is 1.90. The Morgan fingerprint density at radius 3 is 2.81 bits per heavy atom. The summed E-state index contributed by atoms with van der Waals surface area (Å²) < 4.78 is 7.39. The van der Waals surface area contributed by atoms with E-state index in [4.69, 9.17) is 4.42 Å². The molecule has 3 aromatic rings. The molecule has 0 fully saturated rings. The minimum Gasteiger partial charge on any atom is -0.458 e. The van der Waals surface area contributed by atoms with E-state index in [0.717, 1.165) is 28.2 Å². The van der Waals surface area contributed by atoms with E-state index in [1.807, 2.05) is 43.5 Å². The first-order valence-electron chi connectivity index (χ1n) is 6.78. The number of hydrogen-bond donors (Lipinski definition) is 0. The van der Waals surface area contributed by atoms with Crippen LogP contribution < -0.4 is 0 Å². The third-order valence-electron chi connectivity index (χ3n) is 3.50. The third-order valence-corrected chi connectivity index (χ3v) is 3.50. The highest BCUT2D eigenvalue weighted by molar-refractivity contribution is 6.05. The maximum Gasteiger partial charge on any atom is 0.221 e. The smallest absolute Gasteiger partial charge is 0.221 e. The van der Waals surface area contributed by atoms with E-state index >= 15 is 0 Å². The highest BCUT2D eigenvalue weighted by atomic mass is 16.3. The van der Waals surface area contributed by atoms with Crippen molar-refractivity contribution >= 4 is 17.5 Å². The van der Waals surface area contributed by atoms with Crippen molar-refractivity contribution in [2.24, 2.45) is 0 Å². The van der Waals surface area contributed by atoms with Gasteiger partial charge in [-0.3, -0.25) is 4.79 Å². The number of hydrogen-bond acceptors (Lipinski definition) is 3. The zero-order valence-corrected chi connectivity index (χ0v) is 12.3. The molecule has 3 heterocycles. The van der Waals surface area contributed by atoms with Crippen molar-refractivity contribution < 1.29 is 9.21 Å². The lowest BCUT2D eigenvalue weighted by molar-refractivity contribution is 0.102. The van der Waals surface area contributed by atoms with Crippen LogP contribution in [-0.2, 0) is 0 Å². The molecule has 21 heavy (non-hydrogen) atoms. The number of imidazole rings is 1. The standard InChI is InChI=1S/C17H16N2O2/c1-11-4-7-17-18-9-14(19(17)10-11)5-6-15(20)16-8-12(2)13(3)21-16/h4-10H,1-3H3/b6-5+. The molecule has 0 aliphatic carbocycles. The molecule has 4 nitrogen and oxygen atoms in total. The third kappa shape index (κ3) is 2.52. The minimum absolute atomic E-state index is 0.145. The number of aromatic nitrogens is 2. The monoisotopic (exact) mass is 280 g/mol. The number of carbonyl (C=O) groups is 1. The van der Waals surface area contributed by atoms with Crippen LogP contribution in [0.25, 0.3) is 11.7 Å². The van der Waals surface area contributed by atoms with Crippen LogP contribution in [0.15, 0.2) is 41.1 Å². The average Bonchev–Trinajstić information content (AvgIpc) is 3.00. The average molecular weight is 280 g/mol. The topological polar surface area (TPSA) is 47.5 Å². The SMILES string of the molecule is Cc1ccc2ncc(/C=C/C(=O)c3cc(C)c(C)o3)n2c1. The van der Waals surface area contributed by atoms with Crippen LogP contribution in [0.1, 0.15) is 33.1 Å². The van der Waals surface area contributed by atoms with Gasteiger partial charge in [-0.25, -0.2) is 4.98 Å². The highest BCUT2D eigenvalue weighted by Gasteiger charge is 2.10. The highest BCUT2D eigenvalue weighted by Crippen LogP contribution is 2.15. The van der Waals surface area contributed by atoms with Gasteiger partial charge in [-0.2, -0.15) is 0 Å². The van der Waals surface area contributed by atoms with Gasteiger partial charge < -0.3 is 8.82 Å². The minimum atomic E-state index is -0.145. The molecule has 0 saturated heterocycles. The largest absolute Gasteiger partial charge is 0.458 e. The number of furan rings is 1.